The number of hydrogen-bond acceptors (Lipinski definition) is 2. The maximum Gasteiger partial charge on any atom is 0.134 e. The van der Waals surface area contributed by atoms with Gasteiger partial charge in [-0.25, -0.2) is 0 Å². The third-order valence-corrected chi connectivity index (χ3v) is 3.95. The van der Waals surface area contributed by atoms with Gasteiger partial charge in [-0.3, -0.25) is 4.90 Å². The fourth-order valence-electron chi connectivity index (χ4n) is 2.07. The van der Waals surface area contributed by atoms with Gasteiger partial charge in [-0.05, 0) is 54.4 Å². The van der Waals surface area contributed by atoms with E-state index in [9.17, 15) is 0 Å². The van der Waals surface area contributed by atoms with E-state index in [0.29, 0.717) is 6.04 Å². The summed E-state index contributed by atoms with van der Waals surface area (Å²) >= 11 is 9.38. The average molecular weight is 319 g/mol. The summed E-state index contributed by atoms with van der Waals surface area (Å²) in [5.74, 6) is 0.880. The van der Waals surface area contributed by atoms with Crippen molar-refractivity contribution in [1.82, 2.24) is 4.90 Å². The number of likely N-dealkylation sites (tertiary alicyclic amines) is 1. The molecule has 0 amide bonds. The number of rotatable bonds is 3. The molecule has 2 nitrogen and oxygen atoms in total. The van der Waals surface area contributed by atoms with Crippen molar-refractivity contribution < 1.29 is 4.74 Å². The summed E-state index contributed by atoms with van der Waals surface area (Å²) in [6.45, 7) is 6.57. The van der Waals surface area contributed by atoms with Crippen LogP contribution in [0.1, 0.15) is 20.3 Å². The van der Waals surface area contributed by atoms with E-state index in [0.717, 1.165) is 34.8 Å². The number of ether oxygens (including phenoxy) is 1. The van der Waals surface area contributed by atoms with Gasteiger partial charge in [0.05, 0.1) is 4.47 Å². The number of halogens is 2. The molecule has 94 valence electrons. The highest BCUT2D eigenvalue weighted by Crippen LogP contribution is 2.30. The van der Waals surface area contributed by atoms with Crippen molar-refractivity contribution in [2.45, 2.75) is 32.4 Å². The van der Waals surface area contributed by atoms with E-state index in [2.05, 4.69) is 34.7 Å². The highest BCUT2D eigenvalue weighted by molar-refractivity contribution is 9.10. The van der Waals surface area contributed by atoms with Crippen LogP contribution in [-0.4, -0.2) is 30.1 Å². The van der Waals surface area contributed by atoms with Crippen LogP contribution < -0.4 is 4.74 Å². The molecule has 0 saturated carbocycles. The summed E-state index contributed by atoms with van der Waals surface area (Å²) in [5.41, 5.74) is 0. The van der Waals surface area contributed by atoms with Gasteiger partial charge >= 0.3 is 0 Å². The predicted molar refractivity (Wildman–Crippen MR) is 74.9 cm³/mol. The van der Waals surface area contributed by atoms with Crippen molar-refractivity contribution in [2.75, 3.05) is 13.1 Å². The van der Waals surface area contributed by atoms with Crippen LogP contribution in [0, 0.1) is 0 Å². The van der Waals surface area contributed by atoms with E-state index in [1.807, 2.05) is 18.2 Å². The molecule has 0 N–H and O–H groups in total. The van der Waals surface area contributed by atoms with Crippen LogP contribution >= 0.6 is 27.5 Å². The van der Waals surface area contributed by atoms with E-state index in [4.69, 9.17) is 16.3 Å². The summed E-state index contributed by atoms with van der Waals surface area (Å²) in [5, 5.41) is 0.722. The lowest BCUT2D eigenvalue weighted by molar-refractivity contribution is 0.186. The second kappa shape index (κ2) is 5.59. The van der Waals surface area contributed by atoms with Crippen molar-refractivity contribution in [1.29, 1.82) is 0 Å². The van der Waals surface area contributed by atoms with Crippen molar-refractivity contribution in [2.24, 2.45) is 0 Å². The zero-order chi connectivity index (χ0) is 12.4. The molecule has 1 heterocycles. The van der Waals surface area contributed by atoms with Gasteiger partial charge in [0.25, 0.3) is 0 Å². The maximum atomic E-state index is 5.99. The largest absolute Gasteiger partial charge is 0.488 e. The number of benzene rings is 1. The lowest BCUT2D eigenvalue weighted by Gasteiger charge is -2.20. The van der Waals surface area contributed by atoms with E-state index < -0.39 is 0 Å². The summed E-state index contributed by atoms with van der Waals surface area (Å²) in [7, 11) is 0. The van der Waals surface area contributed by atoms with Crippen LogP contribution in [0.25, 0.3) is 0 Å². The third kappa shape index (κ3) is 3.36. The molecule has 2 rings (SSSR count). The Balaban J connectivity index is 1.98. The lowest BCUT2D eigenvalue weighted by atomic mass is 10.3. The van der Waals surface area contributed by atoms with Crippen molar-refractivity contribution in [3.05, 3.63) is 27.7 Å². The van der Waals surface area contributed by atoms with Crippen molar-refractivity contribution in [3.63, 3.8) is 0 Å². The first-order valence-electron chi connectivity index (χ1n) is 5.92. The van der Waals surface area contributed by atoms with Gasteiger partial charge < -0.3 is 4.74 Å². The molecule has 0 radical (unpaired) electrons. The zero-order valence-corrected chi connectivity index (χ0v) is 12.5. The maximum absolute atomic E-state index is 5.99. The molecule has 1 aliphatic rings. The van der Waals surface area contributed by atoms with Crippen LogP contribution in [0.3, 0.4) is 0 Å². The van der Waals surface area contributed by atoms with E-state index in [-0.39, 0.29) is 6.10 Å². The van der Waals surface area contributed by atoms with Crippen LogP contribution in [0.5, 0.6) is 5.75 Å². The van der Waals surface area contributed by atoms with Gasteiger partial charge in [-0.15, -0.1) is 0 Å². The van der Waals surface area contributed by atoms with Crippen LogP contribution in [0.4, 0.5) is 0 Å². The van der Waals surface area contributed by atoms with Gasteiger partial charge in [0.2, 0.25) is 0 Å². The molecule has 0 aromatic heterocycles. The summed E-state index contributed by atoms with van der Waals surface area (Å²) < 4.78 is 6.92. The standard InChI is InChI=1S/C13H17BrClNO/c1-9(2)16-6-5-11(8-16)17-13-4-3-10(15)7-12(13)14/h3-4,7,9,11H,5-6,8H2,1-2H3. The predicted octanol–water partition coefficient (Wildman–Crippen LogP) is 3.96. The van der Waals surface area contributed by atoms with Gasteiger partial charge in [0, 0.05) is 24.2 Å². The molecule has 1 aromatic carbocycles. The van der Waals surface area contributed by atoms with Crippen molar-refractivity contribution in [3.8, 4) is 5.75 Å². The van der Waals surface area contributed by atoms with E-state index in [1.165, 1.54) is 0 Å². The first-order chi connectivity index (χ1) is 8.06. The molecule has 1 saturated heterocycles. The van der Waals surface area contributed by atoms with Crippen LogP contribution in [0.15, 0.2) is 22.7 Å². The second-order valence-corrected chi connectivity index (χ2v) is 5.98. The average Bonchev–Trinajstić information content (AvgIpc) is 2.71. The molecular formula is C13H17BrClNO. The molecule has 1 atom stereocenters. The Kier molecular flexibility index (Phi) is 4.34. The molecule has 0 bridgehead atoms. The Morgan fingerprint density at radius 3 is 2.82 bits per heavy atom. The summed E-state index contributed by atoms with van der Waals surface area (Å²) in [6, 6.07) is 6.24. The molecule has 4 heteroatoms. The fourth-order valence-corrected chi connectivity index (χ4v) is 2.85. The van der Waals surface area contributed by atoms with Crippen LogP contribution in [-0.2, 0) is 0 Å². The molecule has 0 aliphatic carbocycles. The molecule has 1 aliphatic heterocycles. The first kappa shape index (κ1) is 13.2. The molecular weight excluding hydrogens is 302 g/mol. The Labute approximate surface area is 116 Å². The zero-order valence-electron chi connectivity index (χ0n) is 10.1. The first-order valence-corrected chi connectivity index (χ1v) is 7.09. The molecule has 0 spiro atoms. The smallest absolute Gasteiger partial charge is 0.134 e. The molecule has 1 fully saturated rings. The topological polar surface area (TPSA) is 12.5 Å². The highest BCUT2D eigenvalue weighted by Gasteiger charge is 2.25. The van der Waals surface area contributed by atoms with Gasteiger partial charge in [-0.2, -0.15) is 0 Å². The minimum atomic E-state index is 0.287. The third-order valence-electron chi connectivity index (χ3n) is 3.09. The quantitative estimate of drug-likeness (QED) is 0.836. The Morgan fingerprint density at radius 2 is 2.24 bits per heavy atom. The van der Waals surface area contributed by atoms with E-state index >= 15 is 0 Å². The number of nitrogens with zero attached hydrogens (tertiary/aromatic N) is 1. The fraction of sp³-hybridized carbons (Fsp3) is 0.538. The Morgan fingerprint density at radius 1 is 1.47 bits per heavy atom. The number of hydrogen-bond donors (Lipinski definition) is 0. The normalized spacial score (nSPS) is 21.1. The molecule has 17 heavy (non-hydrogen) atoms. The second-order valence-electron chi connectivity index (χ2n) is 4.69. The SMILES string of the molecule is CC(C)N1CCC(Oc2ccc(Cl)cc2Br)C1. The van der Waals surface area contributed by atoms with Gasteiger partial charge in [0.1, 0.15) is 11.9 Å². The molecule has 1 unspecified atom stereocenters. The monoisotopic (exact) mass is 317 g/mol. The van der Waals surface area contributed by atoms with Crippen LogP contribution in [0.2, 0.25) is 5.02 Å². The van der Waals surface area contributed by atoms with Gasteiger partial charge in [0.15, 0.2) is 0 Å². The van der Waals surface area contributed by atoms with E-state index in [1.54, 1.807) is 0 Å². The summed E-state index contributed by atoms with van der Waals surface area (Å²) in [4.78, 5) is 2.44. The summed E-state index contributed by atoms with van der Waals surface area (Å²) in [6.07, 6.45) is 1.38. The lowest BCUT2D eigenvalue weighted by Crippen LogP contribution is -2.30. The highest BCUT2D eigenvalue weighted by atomic mass is 79.9. The molecule has 1 aromatic rings. The van der Waals surface area contributed by atoms with Gasteiger partial charge in [-0.1, -0.05) is 11.6 Å². The minimum absolute atomic E-state index is 0.287. The Bertz CT molecular complexity index is 397. The Hall–Kier alpha value is -0.250. The van der Waals surface area contributed by atoms with Crippen molar-refractivity contribution >= 4 is 27.5 Å². The minimum Gasteiger partial charge on any atom is -0.488 e.